The van der Waals surface area contributed by atoms with E-state index in [9.17, 15) is 4.79 Å². The van der Waals surface area contributed by atoms with Crippen molar-refractivity contribution in [1.82, 2.24) is 14.9 Å². The maximum atomic E-state index is 11.7. The standard InChI is InChI=1S/C13H11N3O3/c1-18-13(17)12-10-4-2-3-5-11(10)16(14-12)8-9-6-7-19-15-9/h2-7H,8H2,1H3. The van der Waals surface area contributed by atoms with Crippen LogP contribution in [0.3, 0.4) is 0 Å². The zero-order chi connectivity index (χ0) is 13.2. The number of benzene rings is 1. The molecule has 96 valence electrons. The number of fused-ring (bicyclic) bond motifs is 1. The first kappa shape index (κ1) is 11.5. The van der Waals surface area contributed by atoms with Gasteiger partial charge in [0.15, 0.2) is 5.69 Å². The van der Waals surface area contributed by atoms with E-state index in [4.69, 9.17) is 9.26 Å². The Hall–Kier alpha value is -2.63. The molecule has 2 heterocycles. The summed E-state index contributed by atoms with van der Waals surface area (Å²) in [5.74, 6) is -0.449. The lowest BCUT2D eigenvalue weighted by Gasteiger charge is -1.98. The third-order valence-electron chi connectivity index (χ3n) is 2.84. The molecule has 3 rings (SSSR count). The smallest absolute Gasteiger partial charge is 0.359 e. The Balaban J connectivity index is 2.12. The molecule has 0 bridgehead atoms. The number of methoxy groups -OCH3 is 1. The topological polar surface area (TPSA) is 70.2 Å². The molecule has 0 unspecified atom stereocenters. The Morgan fingerprint density at radius 1 is 1.37 bits per heavy atom. The first-order chi connectivity index (χ1) is 9.29. The van der Waals surface area contributed by atoms with E-state index in [0.29, 0.717) is 12.2 Å². The summed E-state index contributed by atoms with van der Waals surface area (Å²) in [5.41, 5.74) is 1.90. The highest BCUT2D eigenvalue weighted by molar-refractivity contribution is 6.02. The number of para-hydroxylation sites is 1. The van der Waals surface area contributed by atoms with Gasteiger partial charge in [0.25, 0.3) is 0 Å². The Morgan fingerprint density at radius 3 is 2.95 bits per heavy atom. The Morgan fingerprint density at radius 2 is 2.21 bits per heavy atom. The van der Waals surface area contributed by atoms with Crippen LogP contribution in [-0.4, -0.2) is 28.0 Å². The fourth-order valence-electron chi connectivity index (χ4n) is 1.97. The van der Waals surface area contributed by atoms with Crippen molar-refractivity contribution in [1.29, 1.82) is 0 Å². The monoisotopic (exact) mass is 257 g/mol. The average molecular weight is 257 g/mol. The number of esters is 1. The van der Waals surface area contributed by atoms with Crippen LogP contribution in [0.15, 0.2) is 41.1 Å². The summed E-state index contributed by atoms with van der Waals surface area (Å²) < 4.78 is 11.2. The number of hydrogen-bond acceptors (Lipinski definition) is 5. The molecule has 19 heavy (non-hydrogen) atoms. The second-order valence-electron chi connectivity index (χ2n) is 4.01. The molecule has 0 N–H and O–H groups in total. The van der Waals surface area contributed by atoms with E-state index < -0.39 is 5.97 Å². The third-order valence-corrected chi connectivity index (χ3v) is 2.84. The number of carbonyl (C=O) groups excluding carboxylic acids is 1. The van der Waals surface area contributed by atoms with Gasteiger partial charge < -0.3 is 9.26 Å². The lowest BCUT2D eigenvalue weighted by atomic mass is 10.2. The first-order valence-electron chi connectivity index (χ1n) is 5.72. The summed E-state index contributed by atoms with van der Waals surface area (Å²) in [6, 6.07) is 9.25. The van der Waals surface area contributed by atoms with Crippen LogP contribution in [-0.2, 0) is 11.3 Å². The molecule has 2 aromatic heterocycles. The summed E-state index contributed by atoms with van der Waals surface area (Å²) in [4.78, 5) is 11.7. The zero-order valence-electron chi connectivity index (χ0n) is 10.2. The minimum absolute atomic E-state index is 0.307. The van der Waals surface area contributed by atoms with E-state index in [2.05, 4.69) is 10.3 Å². The van der Waals surface area contributed by atoms with Gasteiger partial charge in [-0.15, -0.1) is 0 Å². The second kappa shape index (κ2) is 4.56. The van der Waals surface area contributed by atoms with Crippen LogP contribution in [0.1, 0.15) is 16.2 Å². The van der Waals surface area contributed by atoms with Gasteiger partial charge in [-0.3, -0.25) is 4.68 Å². The van der Waals surface area contributed by atoms with E-state index in [0.717, 1.165) is 16.6 Å². The molecule has 1 aromatic carbocycles. The molecule has 0 saturated heterocycles. The Kier molecular flexibility index (Phi) is 2.75. The highest BCUT2D eigenvalue weighted by atomic mass is 16.5. The highest BCUT2D eigenvalue weighted by Crippen LogP contribution is 2.19. The maximum Gasteiger partial charge on any atom is 0.359 e. The van der Waals surface area contributed by atoms with Crippen LogP contribution in [0, 0.1) is 0 Å². The number of ether oxygens (including phenoxy) is 1. The zero-order valence-corrected chi connectivity index (χ0v) is 10.2. The van der Waals surface area contributed by atoms with Gasteiger partial charge in [-0.25, -0.2) is 4.79 Å². The average Bonchev–Trinajstić information content (AvgIpc) is 3.07. The van der Waals surface area contributed by atoms with Gasteiger partial charge in [-0.1, -0.05) is 23.4 Å². The molecular formula is C13H11N3O3. The van der Waals surface area contributed by atoms with Crippen LogP contribution in [0.2, 0.25) is 0 Å². The van der Waals surface area contributed by atoms with Crippen LogP contribution in [0.4, 0.5) is 0 Å². The molecule has 0 aliphatic heterocycles. The molecule has 0 atom stereocenters. The van der Waals surface area contributed by atoms with Crippen molar-refractivity contribution in [3.05, 3.63) is 48.0 Å². The first-order valence-corrected chi connectivity index (χ1v) is 5.72. The SMILES string of the molecule is COC(=O)c1nn(Cc2ccon2)c2ccccc12. The molecule has 0 amide bonds. The molecule has 0 aliphatic carbocycles. The third kappa shape index (κ3) is 1.97. The minimum Gasteiger partial charge on any atom is -0.464 e. The van der Waals surface area contributed by atoms with Gasteiger partial charge in [0.05, 0.1) is 19.2 Å². The fourth-order valence-corrected chi connectivity index (χ4v) is 1.97. The Bertz CT molecular complexity index is 716. The largest absolute Gasteiger partial charge is 0.464 e. The van der Waals surface area contributed by atoms with E-state index in [-0.39, 0.29) is 0 Å². The predicted molar refractivity (Wildman–Crippen MR) is 66.7 cm³/mol. The van der Waals surface area contributed by atoms with Crippen molar-refractivity contribution < 1.29 is 14.1 Å². The summed E-state index contributed by atoms with van der Waals surface area (Å²) in [5, 5.41) is 8.90. The normalized spacial score (nSPS) is 10.8. The number of nitrogens with zero attached hydrogens (tertiary/aromatic N) is 3. The number of hydrogen-bond donors (Lipinski definition) is 0. The number of aromatic nitrogens is 3. The van der Waals surface area contributed by atoms with Gasteiger partial charge in [0.1, 0.15) is 12.0 Å². The van der Waals surface area contributed by atoms with Crippen molar-refractivity contribution >= 4 is 16.9 Å². The molecule has 6 heteroatoms. The van der Waals surface area contributed by atoms with Crippen LogP contribution >= 0.6 is 0 Å². The summed E-state index contributed by atoms with van der Waals surface area (Å²) in [6.45, 7) is 0.438. The summed E-state index contributed by atoms with van der Waals surface area (Å²) >= 11 is 0. The molecule has 0 spiro atoms. The molecule has 0 aliphatic rings. The molecular weight excluding hydrogens is 246 g/mol. The lowest BCUT2D eigenvalue weighted by Crippen LogP contribution is -2.06. The fraction of sp³-hybridized carbons (Fsp3) is 0.154. The molecule has 6 nitrogen and oxygen atoms in total. The molecule has 3 aromatic rings. The van der Waals surface area contributed by atoms with Crippen molar-refractivity contribution in [3.8, 4) is 0 Å². The summed E-state index contributed by atoms with van der Waals surface area (Å²) in [7, 11) is 1.34. The van der Waals surface area contributed by atoms with Crippen LogP contribution in [0.5, 0.6) is 0 Å². The molecule has 0 saturated carbocycles. The van der Waals surface area contributed by atoms with Crippen molar-refractivity contribution in [3.63, 3.8) is 0 Å². The van der Waals surface area contributed by atoms with Crippen molar-refractivity contribution in [2.24, 2.45) is 0 Å². The molecule has 0 radical (unpaired) electrons. The van der Waals surface area contributed by atoms with Gasteiger partial charge in [-0.2, -0.15) is 5.10 Å². The Labute approximate surface area is 108 Å². The van der Waals surface area contributed by atoms with Gasteiger partial charge in [-0.05, 0) is 6.07 Å². The van der Waals surface area contributed by atoms with E-state index in [1.165, 1.54) is 13.4 Å². The predicted octanol–water partition coefficient (Wildman–Crippen LogP) is 1.86. The van der Waals surface area contributed by atoms with Crippen LogP contribution < -0.4 is 0 Å². The van der Waals surface area contributed by atoms with Gasteiger partial charge in [0, 0.05) is 11.5 Å². The van der Waals surface area contributed by atoms with E-state index in [1.54, 1.807) is 10.7 Å². The van der Waals surface area contributed by atoms with Gasteiger partial charge >= 0.3 is 5.97 Å². The number of rotatable bonds is 3. The number of carbonyl (C=O) groups is 1. The maximum absolute atomic E-state index is 11.7. The van der Waals surface area contributed by atoms with Gasteiger partial charge in [0.2, 0.25) is 0 Å². The lowest BCUT2D eigenvalue weighted by molar-refractivity contribution is 0.0595. The second-order valence-corrected chi connectivity index (χ2v) is 4.01. The summed E-state index contributed by atoms with van der Waals surface area (Å²) in [6.07, 6.45) is 1.50. The minimum atomic E-state index is -0.449. The van der Waals surface area contributed by atoms with E-state index >= 15 is 0 Å². The van der Waals surface area contributed by atoms with E-state index in [1.807, 2.05) is 24.3 Å². The quantitative estimate of drug-likeness (QED) is 0.670. The van der Waals surface area contributed by atoms with Crippen molar-refractivity contribution in [2.45, 2.75) is 6.54 Å². The highest BCUT2D eigenvalue weighted by Gasteiger charge is 2.17. The molecule has 0 fully saturated rings. The van der Waals surface area contributed by atoms with Crippen molar-refractivity contribution in [2.75, 3.05) is 7.11 Å². The van der Waals surface area contributed by atoms with Crippen LogP contribution in [0.25, 0.3) is 10.9 Å².